The van der Waals surface area contributed by atoms with Gasteiger partial charge in [0.15, 0.2) is 5.78 Å². The van der Waals surface area contributed by atoms with Crippen molar-refractivity contribution in [3.8, 4) is 5.69 Å². The molecule has 1 aromatic heterocycles. The third-order valence-corrected chi connectivity index (χ3v) is 6.98. The van der Waals surface area contributed by atoms with Gasteiger partial charge < -0.3 is 19.4 Å². The van der Waals surface area contributed by atoms with Gasteiger partial charge in [-0.2, -0.15) is 0 Å². The molecule has 2 heterocycles. The van der Waals surface area contributed by atoms with Crippen LogP contribution in [0.3, 0.4) is 0 Å². The second-order valence-corrected chi connectivity index (χ2v) is 8.95. The number of Topliss-reactive ketones (excluding diaryl/α,β-unsaturated/α-hetero) is 1. The monoisotopic (exact) mass is 482 g/mol. The molecule has 0 saturated carbocycles. The fourth-order valence-electron chi connectivity index (χ4n) is 5.36. The standard InChI is InChI=1S/C29H26N2O5/c1-15-14-22(17(3)31(15)19-12-10-18(11-13-19)28(33)35-4)24-23(29(34)36-5)16(2)30-26-20-8-6-7-9-21(20)27(32)25(24)26/h6-14,24,30H,1-5H3/t24-/m0/s1. The third kappa shape index (κ3) is 3.39. The van der Waals surface area contributed by atoms with Crippen molar-refractivity contribution >= 4 is 23.4 Å². The van der Waals surface area contributed by atoms with Crippen LogP contribution in [0.1, 0.15) is 56.1 Å². The summed E-state index contributed by atoms with van der Waals surface area (Å²) in [5.74, 6) is -1.57. The first-order valence-corrected chi connectivity index (χ1v) is 11.6. The first-order valence-electron chi connectivity index (χ1n) is 11.6. The molecule has 7 heteroatoms. The lowest BCUT2D eigenvalue weighted by molar-refractivity contribution is -0.136. The Morgan fingerprint density at radius 2 is 1.53 bits per heavy atom. The van der Waals surface area contributed by atoms with E-state index in [0.29, 0.717) is 28.0 Å². The average Bonchev–Trinajstić information content (AvgIpc) is 3.34. The van der Waals surface area contributed by atoms with Gasteiger partial charge in [-0.3, -0.25) is 4.79 Å². The van der Waals surface area contributed by atoms with Crippen LogP contribution in [-0.4, -0.2) is 36.5 Å². The van der Waals surface area contributed by atoms with Gasteiger partial charge in [-0.1, -0.05) is 24.3 Å². The van der Waals surface area contributed by atoms with E-state index in [0.717, 1.165) is 33.9 Å². The zero-order valence-corrected chi connectivity index (χ0v) is 20.8. The Bertz CT molecular complexity index is 1500. The molecule has 0 spiro atoms. The molecule has 0 bridgehead atoms. The number of allylic oxidation sites excluding steroid dienone is 2. The van der Waals surface area contributed by atoms with Gasteiger partial charge in [0.1, 0.15) is 0 Å². The summed E-state index contributed by atoms with van der Waals surface area (Å²) in [7, 11) is 2.70. The molecule has 3 aromatic rings. The lowest BCUT2D eigenvalue weighted by Crippen LogP contribution is -2.29. The van der Waals surface area contributed by atoms with Crippen LogP contribution in [0, 0.1) is 13.8 Å². The first kappa shape index (κ1) is 23.4. The smallest absolute Gasteiger partial charge is 0.337 e. The number of benzene rings is 2. The number of aromatic nitrogens is 1. The molecular formula is C29H26N2O5. The molecule has 0 saturated heterocycles. The number of hydrogen-bond donors (Lipinski definition) is 1. The maximum absolute atomic E-state index is 13.7. The van der Waals surface area contributed by atoms with Crippen molar-refractivity contribution in [1.29, 1.82) is 0 Å². The van der Waals surface area contributed by atoms with Crippen LogP contribution in [0.2, 0.25) is 0 Å². The lowest BCUT2D eigenvalue weighted by atomic mass is 9.79. The quantitative estimate of drug-likeness (QED) is 0.546. The van der Waals surface area contributed by atoms with Crippen LogP contribution in [0.4, 0.5) is 0 Å². The summed E-state index contributed by atoms with van der Waals surface area (Å²) in [6.45, 7) is 5.77. The maximum atomic E-state index is 13.7. The van der Waals surface area contributed by atoms with Crippen molar-refractivity contribution in [2.75, 3.05) is 14.2 Å². The van der Waals surface area contributed by atoms with E-state index in [2.05, 4.69) is 9.88 Å². The van der Waals surface area contributed by atoms with E-state index in [9.17, 15) is 14.4 Å². The third-order valence-electron chi connectivity index (χ3n) is 6.98. The van der Waals surface area contributed by atoms with E-state index in [-0.39, 0.29) is 5.78 Å². The number of esters is 2. The van der Waals surface area contributed by atoms with Gasteiger partial charge in [0.05, 0.1) is 37.0 Å². The Morgan fingerprint density at radius 1 is 0.889 bits per heavy atom. The molecule has 1 N–H and O–H groups in total. The zero-order valence-electron chi connectivity index (χ0n) is 20.8. The van der Waals surface area contributed by atoms with E-state index in [4.69, 9.17) is 9.47 Å². The van der Waals surface area contributed by atoms with Crippen molar-refractivity contribution in [2.24, 2.45) is 0 Å². The maximum Gasteiger partial charge on any atom is 0.337 e. The molecule has 2 aliphatic rings. The number of nitrogens with zero attached hydrogens (tertiary/aromatic N) is 1. The summed E-state index contributed by atoms with van der Waals surface area (Å²) >= 11 is 0. The lowest BCUT2D eigenvalue weighted by Gasteiger charge is -2.29. The highest BCUT2D eigenvalue weighted by molar-refractivity contribution is 6.23. The molecule has 5 rings (SSSR count). The fraction of sp³-hybridized carbons (Fsp3) is 0.207. The summed E-state index contributed by atoms with van der Waals surface area (Å²) in [5.41, 5.74) is 7.77. The molecule has 0 unspecified atom stereocenters. The summed E-state index contributed by atoms with van der Waals surface area (Å²) in [5, 5.41) is 3.31. The number of rotatable bonds is 4. The van der Waals surface area contributed by atoms with Crippen molar-refractivity contribution in [2.45, 2.75) is 26.7 Å². The van der Waals surface area contributed by atoms with Crippen LogP contribution in [0.5, 0.6) is 0 Å². The second kappa shape index (κ2) is 8.68. The molecule has 1 aliphatic carbocycles. The molecule has 182 valence electrons. The van der Waals surface area contributed by atoms with Gasteiger partial charge in [0.2, 0.25) is 0 Å². The van der Waals surface area contributed by atoms with Crippen LogP contribution >= 0.6 is 0 Å². The van der Waals surface area contributed by atoms with Crippen molar-refractivity contribution in [1.82, 2.24) is 9.88 Å². The topological polar surface area (TPSA) is 86.6 Å². The molecule has 7 nitrogen and oxygen atoms in total. The molecular weight excluding hydrogens is 456 g/mol. The Morgan fingerprint density at radius 3 is 2.17 bits per heavy atom. The van der Waals surface area contributed by atoms with E-state index < -0.39 is 17.9 Å². The van der Waals surface area contributed by atoms with Gasteiger partial charge >= 0.3 is 11.9 Å². The Kier molecular flexibility index (Phi) is 5.63. The Labute approximate surface area is 209 Å². The molecule has 0 amide bonds. The molecule has 0 radical (unpaired) electrons. The predicted molar refractivity (Wildman–Crippen MR) is 135 cm³/mol. The normalized spacial score (nSPS) is 16.5. The molecule has 1 aliphatic heterocycles. The van der Waals surface area contributed by atoms with E-state index in [1.165, 1.54) is 14.2 Å². The fourth-order valence-corrected chi connectivity index (χ4v) is 5.36. The average molecular weight is 483 g/mol. The number of dihydropyridines is 1. The minimum Gasteiger partial charge on any atom is -0.466 e. The van der Waals surface area contributed by atoms with Gasteiger partial charge in [-0.25, -0.2) is 9.59 Å². The number of nitrogens with one attached hydrogen (secondary N) is 1. The van der Waals surface area contributed by atoms with Crippen molar-refractivity contribution in [3.05, 3.63) is 105 Å². The van der Waals surface area contributed by atoms with Crippen LogP contribution in [-0.2, 0) is 14.3 Å². The van der Waals surface area contributed by atoms with Crippen LogP contribution in [0.25, 0.3) is 11.4 Å². The van der Waals surface area contributed by atoms with E-state index in [1.807, 2.05) is 63.2 Å². The number of methoxy groups -OCH3 is 2. The number of carbonyl (C=O) groups excluding carboxylic acids is 3. The van der Waals surface area contributed by atoms with Gasteiger partial charge in [0.25, 0.3) is 0 Å². The molecule has 1 atom stereocenters. The van der Waals surface area contributed by atoms with Gasteiger partial charge in [-0.15, -0.1) is 0 Å². The van der Waals surface area contributed by atoms with Gasteiger partial charge in [0, 0.05) is 39.5 Å². The van der Waals surface area contributed by atoms with E-state index in [1.54, 1.807) is 12.1 Å². The number of carbonyl (C=O) groups is 3. The number of fused-ring (bicyclic) bond motifs is 2. The molecule has 0 fully saturated rings. The number of aryl methyl sites for hydroxylation is 1. The predicted octanol–water partition coefficient (Wildman–Crippen LogP) is 4.62. The number of hydrogen-bond acceptors (Lipinski definition) is 6. The Balaban J connectivity index is 1.69. The highest BCUT2D eigenvalue weighted by atomic mass is 16.5. The number of ketones is 1. The van der Waals surface area contributed by atoms with Gasteiger partial charge in [-0.05, 0) is 56.7 Å². The zero-order chi connectivity index (χ0) is 25.7. The van der Waals surface area contributed by atoms with Crippen LogP contribution < -0.4 is 5.32 Å². The minimum atomic E-state index is -0.595. The first-order chi connectivity index (χ1) is 17.3. The summed E-state index contributed by atoms with van der Waals surface area (Å²) in [6.07, 6.45) is 0. The highest BCUT2D eigenvalue weighted by Gasteiger charge is 2.43. The van der Waals surface area contributed by atoms with E-state index >= 15 is 0 Å². The minimum absolute atomic E-state index is 0.0979. The summed E-state index contributed by atoms with van der Waals surface area (Å²) < 4.78 is 12.0. The Hall–Kier alpha value is -4.39. The largest absolute Gasteiger partial charge is 0.466 e. The number of ether oxygens (including phenoxy) is 2. The summed E-state index contributed by atoms with van der Waals surface area (Å²) in [4.78, 5) is 38.6. The van der Waals surface area contributed by atoms with Crippen molar-refractivity contribution in [3.63, 3.8) is 0 Å². The van der Waals surface area contributed by atoms with Crippen molar-refractivity contribution < 1.29 is 23.9 Å². The second-order valence-electron chi connectivity index (χ2n) is 8.95. The van der Waals surface area contributed by atoms with Crippen LogP contribution in [0.15, 0.2) is 71.4 Å². The summed E-state index contributed by atoms with van der Waals surface area (Å²) in [6, 6.07) is 16.6. The highest BCUT2D eigenvalue weighted by Crippen LogP contribution is 2.48. The molecule has 36 heavy (non-hydrogen) atoms. The molecule has 2 aromatic carbocycles. The SMILES string of the molecule is COC(=O)C1=C(C)NC2=C(C(=O)c3ccccc32)[C@H]1c1cc(C)n(-c2ccc(C(=O)OC)cc2)c1C.